The summed E-state index contributed by atoms with van der Waals surface area (Å²) in [7, 11) is 0. The van der Waals surface area contributed by atoms with Gasteiger partial charge in [-0.05, 0) is 30.9 Å². The molecule has 0 unspecified atom stereocenters. The van der Waals surface area contributed by atoms with Crippen LogP contribution in [0, 0.1) is 6.92 Å². The Bertz CT molecular complexity index is 743. The highest BCUT2D eigenvalue weighted by Gasteiger charge is 2.20. The van der Waals surface area contributed by atoms with Gasteiger partial charge in [0.15, 0.2) is 0 Å². The van der Waals surface area contributed by atoms with Gasteiger partial charge >= 0.3 is 6.03 Å². The highest BCUT2D eigenvalue weighted by atomic mass is 16.5. The second-order valence-electron chi connectivity index (χ2n) is 7.69. The Morgan fingerprint density at radius 3 is 2.48 bits per heavy atom. The van der Waals surface area contributed by atoms with Crippen molar-refractivity contribution in [3.63, 3.8) is 0 Å². The van der Waals surface area contributed by atoms with E-state index in [1.807, 2.05) is 23.1 Å². The molecule has 0 aliphatic carbocycles. The summed E-state index contributed by atoms with van der Waals surface area (Å²) in [4.78, 5) is 16.7. The summed E-state index contributed by atoms with van der Waals surface area (Å²) < 4.78 is 5.67. The van der Waals surface area contributed by atoms with E-state index in [2.05, 4.69) is 53.5 Å². The predicted octanol–water partition coefficient (Wildman–Crippen LogP) is 3.47. The van der Waals surface area contributed by atoms with Crippen LogP contribution in [0.1, 0.15) is 23.1 Å². The zero-order valence-corrected chi connectivity index (χ0v) is 17.5. The molecule has 2 aromatic rings. The zero-order chi connectivity index (χ0) is 20.3. The maximum atomic E-state index is 12.3. The molecule has 5 heteroatoms. The van der Waals surface area contributed by atoms with Crippen molar-refractivity contribution in [2.75, 3.05) is 45.9 Å². The molecule has 0 spiro atoms. The molecule has 0 atom stereocenters. The van der Waals surface area contributed by atoms with Crippen LogP contribution in [0.3, 0.4) is 0 Å². The van der Waals surface area contributed by atoms with Gasteiger partial charge in [0.1, 0.15) is 0 Å². The van der Waals surface area contributed by atoms with Gasteiger partial charge in [0.05, 0.1) is 6.61 Å². The number of aryl methyl sites for hydroxylation is 1. The summed E-state index contributed by atoms with van der Waals surface area (Å²) in [6.07, 6.45) is 1.77. The van der Waals surface area contributed by atoms with E-state index < -0.39 is 0 Å². The van der Waals surface area contributed by atoms with Gasteiger partial charge in [-0.2, -0.15) is 0 Å². The largest absolute Gasteiger partial charge is 0.381 e. The molecule has 1 saturated heterocycles. The topological polar surface area (TPSA) is 44.8 Å². The van der Waals surface area contributed by atoms with Crippen molar-refractivity contribution in [2.24, 2.45) is 0 Å². The van der Waals surface area contributed by atoms with E-state index in [1.54, 1.807) is 0 Å². The molecule has 0 aromatic heterocycles. The number of carbonyl (C=O) groups is 1. The lowest BCUT2D eigenvalue weighted by molar-refractivity contribution is 0.127. The molecular formula is C24H33N3O2. The molecule has 1 aliphatic rings. The number of ether oxygens (including phenoxy) is 1. The Kier molecular flexibility index (Phi) is 8.53. The SMILES string of the molecule is Cc1cccc(CN2CCN(C(=O)NCCCOCCc3ccccc3)CC2)c1. The van der Waals surface area contributed by atoms with Crippen molar-refractivity contribution in [1.29, 1.82) is 0 Å². The van der Waals surface area contributed by atoms with Crippen LogP contribution >= 0.6 is 0 Å². The lowest BCUT2D eigenvalue weighted by Crippen LogP contribution is -2.51. The van der Waals surface area contributed by atoms with E-state index in [0.29, 0.717) is 13.2 Å². The number of urea groups is 1. The maximum Gasteiger partial charge on any atom is 0.317 e. The van der Waals surface area contributed by atoms with E-state index >= 15 is 0 Å². The van der Waals surface area contributed by atoms with Crippen molar-refractivity contribution in [3.05, 3.63) is 71.3 Å². The third-order valence-corrected chi connectivity index (χ3v) is 5.27. The first-order valence-corrected chi connectivity index (χ1v) is 10.6. The Labute approximate surface area is 174 Å². The second-order valence-corrected chi connectivity index (χ2v) is 7.69. The molecule has 2 amide bonds. The van der Waals surface area contributed by atoms with Crippen molar-refractivity contribution in [1.82, 2.24) is 15.1 Å². The van der Waals surface area contributed by atoms with Gasteiger partial charge in [-0.1, -0.05) is 60.2 Å². The highest BCUT2D eigenvalue weighted by molar-refractivity contribution is 5.74. The van der Waals surface area contributed by atoms with Crippen molar-refractivity contribution in [3.8, 4) is 0 Å². The van der Waals surface area contributed by atoms with Gasteiger partial charge in [-0.3, -0.25) is 4.90 Å². The normalized spacial score (nSPS) is 14.7. The summed E-state index contributed by atoms with van der Waals surface area (Å²) in [6, 6.07) is 19.0. The summed E-state index contributed by atoms with van der Waals surface area (Å²) in [6.45, 7) is 8.55. The van der Waals surface area contributed by atoms with E-state index in [4.69, 9.17) is 4.74 Å². The minimum atomic E-state index is 0.0458. The number of hydrogen-bond acceptors (Lipinski definition) is 3. The maximum absolute atomic E-state index is 12.3. The fourth-order valence-electron chi connectivity index (χ4n) is 3.60. The first-order chi connectivity index (χ1) is 14.2. The molecule has 156 valence electrons. The fourth-order valence-corrected chi connectivity index (χ4v) is 3.60. The number of carbonyl (C=O) groups excluding carboxylic acids is 1. The molecule has 1 N–H and O–H groups in total. The first-order valence-electron chi connectivity index (χ1n) is 10.6. The third kappa shape index (κ3) is 7.52. The molecule has 29 heavy (non-hydrogen) atoms. The summed E-state index contributed by atoms with van der Waals surface area (Å²) in [5, 5.41) is 3.02. The number of amides is 2. The molecule has 1 aliphatic heterocycles. The molecule has 1 fully saturated rings. The van der Waals surface area contributed by atoms with Crippen LogP contribution in [0.5, 0.6) is 0 Å². The minimum absolute atomic E-state index is 0.0458. The molecular weight excluding hydrogens is 362 g/mol. The number of nitrogens with one attached hydrogen (secondary N) is 1. The predicted molar refractivity (Wildman–Crippen MR) is 117 cm³/mol. The second kappa shape index (κ2) is 11.6. The van der Waals surface area contributed by atoms with Gasteiger partial charge in [0.25, 0.3) is 0 Å². The highest BCUT2D eigenvalue weighted by Crippen LogP contribution is 2.10. The number of hydrogen-bond donors (Lipinski definition) is 1. The van der Waals surface area contributed by atoms with Crippen LogP contribution in [-0.2, 0) is 17.7 Å². The molecule has 2 aromatic carbocycles. The van der Waals surface area contributed by atoms with Gasteiger partial charge in [0, 0.05) is 45.9 Å². The summed E-state index contributed by atoms with van der Waals surface area (Å²) >= 11 is 0. The van der Waals surface area contributed by atoms with Crippen molar-refractivity contribution >= 4 is 6.03 Å². The average molecular weight is 396 g/mol. The molecule has 0 saturated carbocycles. The lowest BCUT2D eigenvalue weighted by atomic mass is 10.1. The Morgan fingerprint density at radius 1 is 0.966 bits per heavy atom. The third-order valence-electron chi connectivity index (χ3n) is 5.27. The quantitative estimate of drug-likeness (QED) is 0.661. The lowest BCUT2D eigenvalue weighted by Gasteiger charge is -2.34. The van der Waals surface area contributed by atoms with Crippen LogP contribution < -0.4 is 5.32 Å². The van der Waals surface area contributed by atoms with Crippen LogP contribution in [0.15, 0.2) is 54.6 Å². The monoisotopic (exact) mass is 395 g/mol. The van der Waals surface area contributed by atoms with Crippen molar-refractivity contribution in [2.45, 2.75) is 26.3 Å². The average Bonchev–Trinajstić information content (AvgIpc) is 2.74. The minimum Gasteiger partial charge on any atom is -0.381 e. The number of rotatable bonds is 9. The van der Waals surface area contributed by atoms with Gasteiger partial charge < -0.3 is 15.0 Å². The van der Waals surface area contributed by atoms with E-state index in [1.165, 1.54) is 16.7 Å². The Morgan fingerprint density at radius 2 is 1.72 bits per heavy atom. The van der Waals surface area contributed by atoms with E-state index in [0.717, 1.165) is 52.2 Å². The first kappa shape index (κ1) is 21.3. The summed E-state index contributed by atoms with van der Waals surface area (Å²) in [5.74, 6) is 0. The smallest absolute Gasteiger partial charge is 0.317 e. The van der Waals surface area contributed by atoms with Crippen LogP contribution in [0.2, 0.25) is 0 Å². The number of piperazine rings is 1. The molecule has 0 radical (unpaired) electrons. The standard InChI is InChI=1S/C24H33N3O2/c1-21-7-5-10-23(19-21)20-26-13-15-27(16-14-26)24(28)25-12-6-17-29-18-11-22-8-3-2-4-9-22/h2-5,7-10,19H,6,11-18,20H2,1H3,(H,25,28). The molecule has 5 nitrogen and oxygen atoms in total. The van der Waals surface area contributed by atoms with Crippen molar-refractivity contribution < 1.29 is 9.53 Å². The van der Waals surface area contributed by atoms with E-state index in [-0.39, 0.29) is 6.03 Å². The molecule has 3 rings (SSSR count). The van der Waals surface area contributed by atoms with Crippen LogP contribution in [0.4, 0.5) is 4.79 Å². The fraction of sp³-hybridized carbons (Fsp3) is 0.458. The van der Waals surface area contributed by atoms with Gasteiger partial charge in [-0.25, -0.2) is 4.79 Å². The van der Waals surface area contributed by atoms with Gasteiger partial charge in [0.2, 0.25) is 0 Å². The Hall–Kier alpha value is -2.37. The molecule has 0 bridgehead atoms. The Balaban J connectivity index is 1.23. The van der Waals surface area contributed by atoms with E-state index in [9.17, 15) is 4.79 Å². The molecule has 1 heterocycles. The summed E-state index contributed by atoms with van der Waals surface area (Å²) in [5.41, 5.74) is 3.93. The number of benzene rings is 2. The zero-order valence-electron chi connectivity index (χ0n) is 17.5. The number of nitrogens with zero attached hydrogens (tertiary/aromatic N) is 2. The van der Waals surface area contributed by atoms with Gasteiger partial charge in [-0.15, -0.1) is 0 Å². The van der Waals surface area contributed by atoms with Crippen LogP contribution in [0.25, 0.3) is 0 Å². The van der Waals surface area contributed by atoms with Crippen LogP contribution in [-0.4, -0.2) is 61.8 Å².